The number of anilines is 1. The maximum atomic E-state index is 12.5. The minimum absolute atomic E-state index is 0.0246. The van der Waals surface area contributed by atoms with Crippen molar-refractivity contribution in [1.29, 1.82) is 0 Å². The largest absolute Gasteiger partial charge is 0.508 e. The number of ketones is 1. The molecule has 166 valence electrons. The van der Waals surface area contributed by atoms with Crippen LogP contribution in [0.3, 0.4) is 0 Å². The van der Waals surface area contributed by atoms with Crippen molar-refractivity contribution in [2.45, 2.75) is 12.5 Å². The lowest BCUT2D eigenvalue weighted by Crippen LogP contribution is -2.30. The van der Waals surface area contributed by atoms with Gasteiger partial charge in [-0.25, -0.2) is 0 Å². The van der Waals surface area contributed by atoms with E-state index in [9.17, 15) is 30.0 Å². The molecule has 3 rings (SSSR count). The summed E-state index contributed by atoms with van der Waals surface area (Å²) in [6, 6.07) is 17.4. The molecule has 3 aromatic rings. The fraction of sp³-hybridized carbons (Fsp3) is 0.167. The van der Waals surface area contributed by atoms with Crippen LogP contribution in [0.15, 0.2) is 66.7 Å². The van der Waals surface area contributed by atoms with Gasteiger partial charge in [0, 0.05) is 12.6 Å². The van der Waals surface area contributed by atoms with E-state index in [1.54, 1.807) is 24.3 Å². The molecule has 0 saturated carbocycles. The molecule has 0 aromatic heterocycles. The van der Waals surface area contributed by atoms with Crippen molar-refractivity contribution in [1.82, 2.24) is 5.32 Å². The van der Waals surface area contributed by atoms with Crippen LogP contribution in [0.1, 0.15) is 27.6 Å². The van der Waals surface area contributed by atoms with Gasteiger partial charge >= 0.3 is 0 Å². The maximum absolute atomic E-state index is 12.5. The highest BCUT2D eigenvalue weighted by atomic mass is 16.3. The smallest absolute Gasteiger partial charge is 0.224 e. The number of amides is 1. The van der Waals surface area contributed by atoms with Crippen molar-refractivity contribution in [3.63, 3.8) is 0 Å². The normalized spacial score (nSPS) is 11.5. The van der Waals surface area contributed by atoms with Gasteiger partial charge in [-0.2, -0.15) is 0 Å². The van der Waals surface area contributed by atoms with E-state index in [1.165, 1.54) is 18.2 Å². The van der Waals surface area contributed by atoms with Gasteiger partial charge in [0.15, 0.2) is 5.78 Å². The van der Waals surface area contributed by atoms with Crippen molar-refractivity contribution < 1.29 is 30.0 Å². The van der Waals surface area contributed by atoms with Gasteiger partial charge in [-0.15, -0.1) is 0 Å². The Morgan fingerprint density at radius 3 is 2.25 bits per heavy atom. The van der Waals surface area contributed by atoms with Gasteiger partial charge in [0.25, 0.3) is 0 Å². The van der Waals surface area contributed by atoms with Crippen molar-refractivity contribution >= 4 is 17.4 Å². The van der Waals surface area contributed by atoms with Crippen LogP contribution < -0.4 is 10.6 Å². The van der Waals surface area contributed by atoms with Crippen LogP contribution in [0.2, 0.25) is 0 Å². The first-order valence-corrected chi connectivity index (χ1v) is 9.94. The Labute approximate surface area is 184 Å². The van der Waals surface area contributed by atoms with Crippen molar-refractivity contribution in [2.24, 2.45) is 0 Å². The molecule has 1 atom stereocenters. The predicted octanol–water partition coefficient (Wildman–Crippen LogP) is 2.49. The first-order valence-electron chi connectivity index (χ1n) is 9.94. The summed E-state index contributed by atoms with van der Waals surface area (Å²) in [6.07, 6.45) is -0.851. The summed E-state index contributed by atoms with van der Waals surface area (Å²) in [5.41, 5.74) is 1.23. The number of aromatic hydroxyl groups is 3. The van der Waals surface area contributed by atoms with Crippen LogP contribution in [0.5, 0.6) is 17.2 Å². The van der Waals surface area contributed by atoms with E-state index < -0.39 is 17.6 Å². The SMILES string of the molecule is O=C(Cc1ccccc1)NCC(=O)c1cc(O)cc(NCC(O)c2ccc(O)cc2)c1O. The molecule has 0 aliphatic heterocycles. The summed E-state index contributed by atoms with van der Waals surface area (Å²) in [4.78, 5) is 24.6. The third-order valence-electron chi connectivity index (χ3n) is 4.81. The zero-order valence-electron chi connectivity index (χ0n) is 17.2. The molecule has 6 N–H and O–H groups in total. The first kappa shape index (κ1) is 22.6. The molecule has 8 nitrogen and oxygen atoms in total. The molecule has 8 heteroatoms. The molecule has 0 heterocycles. The first-order chi connectivity index (χ1) is 15.3. The summed E-state index contributed by atoms with van der Waals surface area (Å²) in [6.45, 7) is -0.374. The number of hydrogen-bond donors (Lipinski definition) is 6. The average molecular weight is 436 g/mol. The zero-order chi connectivity index (χ0) is 23.1. The Morgan fingerprint density at radius 2 is 1.56 bits per heavy atom. The van der Waals surface area contributed by atoms with Crippen molar-refractivity contribution in [3.05, 3.63) is 83.4 Å². The Bertz CT molecular complexity index is 1080. The van der Waals surface area contributed by atoms with Gasteiger partial charge in [-0.05, 0) is 29.3 Å². The van der Waals surface area contributed by atoms with Crippen LogP contribution in [0.4, 0.5) is 5.69 Å². The molecular weight excluding hydrogens is 412 g/mol. The van der Waals surface area contributed by atoms with Crippen LogP contribution >= 0.6 is 0 Å². The lowest BCUT2D eigenvalue weighted by atomic mass is 10.1. The third-order valence-corrected chi connectivity index (χ3v) is 4.81. The third kappa shape index (κ3) is 5.99. The minimum Gasteiger partial charge on any atom is -0.508 e. The number of carbonyl (C=O) groups excluding carboxylic acids is 2. The fourth-order valence-corrected chi connectivity index (χ4v) is 3.11. The Balaban J connectivity index is 1.62. The summed E-state index contributed by atoms with van der Waals surface area (Å²) >= 11 is 0. The Morgan fingerprint density at radius 1 is 0.875 bits per heavy atom. The van der Waals surface area contributed by atoms with E-state index >= 15 is 0 Å². The Hall–Kier alpha value is -4.04. The second-order valence-electron chi connectivity index (χ2n) is 7.24. The molecule has 0 fully saturated rings. The standard InChI is InChI=1S/C24H24N2O6/c27-17-8-6-16(7-9-17)21(29)13-25-20-12-18(28)11-19(24(20)32)22(30)14-26-23(31)10-15-4-2-1-3-5-15/h1-9,11-12,21,25,27-29,32H,10,13-14H2,(H,26,31). The van der Waals surface area contributed by atoms with E-state index in [0.717, 1.165) is 11.6 Å². The Kier molecular flexibility index (Phi) is 7.30. The minimum atomic E-state index is -0.964. The number of rotatable bonds is 9. The van der Waals surface area contributed by atoms with Crippen molar-refractivity contribution in [2.75, 3.05) is 18.4 Å². The topological polar surface area (TPSA) is 139 Å². The number of carbonyl (C=O) groups is 2. The zero-order valence-corrected chi connectivity index (χ0v) is 17.2. The molecule has 32 heavy (non-hydrogen) atoms. The van der Waals surface area contributed by atoms with Crippen LogP contribution in [0, 0.1) is 0 Å². The van der Waals surface area contributed by atoms with Crippen LogP contribution in [0.25, 0.3) is 0 Å². The summed E-state index contributed by atoms with van der Waals surface area (Å²) in [5.74, 6) is -1.52. The second-order valence-corrected chi connectivity index (χ2v) is 7.24. The summed E-state index contributed by atoms with van der Waals surface area (Å²) < 4.78 is 0. The van der Waals surface area contributed by atoms with Crippen molar-refractivity contribution in [3.8, 4) is 17.2 Å². The number of Topliss-reactive ketones (excluding diaryl/α,β-unsaturated/α-hetero) is 1. The molecule has 0 saturated heterocycles. The number of hydrogen-bond acceptors (Lipinski definition) is 7. The van der Waals surface area contributed by atoms with E-state index in [0.29, 0.717) is 5.56 Å². The second kappa shape index (κ2) is 10.3. The van der Waals surface area contributed by atoms with Crippen LogP contribution in [-0.4, -0.2) is 45.2 Å². The molecule has 0 spiro atoms. The highest BCUT2D eigenvalue weighted by molar-refractivity contribution is 6.03. The molecule has 0 bridgehead atoms. The van der Waals surface area contributed by atoms with Gasteiger partial charge in [0.2, 0.25) is 5.91 Å². The van der Waals surface area contributed by atoms with Gasteiger partial charge < -0.3 is 31.1 Å². The predicted molar refractivity (Wildman–Crippen MR) is 119 cm³/mol. The van der Waals surface area contributed by atoms with Gasteiger partial charge in [-0.1, -0.05) is 42.5 Å². The molecule has 0 radical (unpaired) electrons. The lowest BCUT2D eigenvalue weighted by molar-refractivity contribution is -0.120. The number of nitrogens with one attached hydrogen (secondary N) is 2. The summed E-state index contributed by atoms with van der Waals surface area (Å²) in [5, 5.41) is 45.4. The summed E-state index contributed by atoms with van der Waals surface area (Å²) in [7, 11) is 0. The van der Waals surface area contributed by atoms with Gasteiger partial charge in [0.05, 0.1) is 30.3 Å². The van der Waals surface area contributed by atoms with Gasteiger partial charge in [-0.3, -0.25) is 9.59 Å². The number of aliphatic hydroxyl groups excluding tert-OH is 1. The average Bonchev–Trinajstić information content (AvgIpc) is 2.78. The molecule has 1 amide bonds. The highest BCUT2D eigenvalue weighted by Crippen LogP contribution is 2.33. The number of phenols is 3. The highest BCUT2D eigenvalue weighted by Gasteiger charge is 2.18. The molecule has 0 aliphatic rings. The van der Waals surface area contributed by atoms with E-state index in [4.69, 9.17) is 0 Å². The lowest BCUT2D eigenvalue weighted by Gasteiger charge is -2.16. The fourth-order valence-electron chi connectivity index (χ4n) is 3.11. The van der Waals surface area contributed by atoms with Gasteiger partial charge in [0.1, 0.15) is 17.2 Å². The molecular formula is C24H24N2O6. The van der Waals surface area contributed by atoms with E-state index in [1.807, 2.05) is 18.2 Å². The van der Waals surface area contributed by atoms with E-state index in [-0.39, 0.29) is 48.2 Å². The number of aliphatic hydroxyl groups is 1. The maximum Gasteiger partial charge on any atom is 0.224 e. The molecule has 3 aromatic carbocycles. The molecule has 0 aliphatic carbocycles. The number of phenolic OH excluding ortho intramolecular Hbond substituents is 3. The van der Waals surface area contributed by atoms with Crippen LogP contribution in [-0.2, 0) is 11.2 Å². The quantitative estimate of drug-likeness (QED) is 0.172. The van der Waals surface area contributed by atoms with E-state index in [2.05, 4.69) is 10.6 Å². The number of benzene rings is 3. The monoisotopic (exact) mass is 436 g/mol. The molecule has 1 unspecified atom stereocenters.